The molecule has 5 nitrogen and oxygen atoms in total. The molecule has 0 saturated carbocycles. The summed E-state index contributed by atoms with van der Waals surface area (Å²) in [6, 6.07) is 26.7. The summed E-state index contributed by atoms with van der Waals surface area (Å²) in [5.41, 5.74) is 2.33. The Morgan fingerprint density at radius 2 is 1.37 bits per heavy atom. The van der Waals surface area contributed by atoms with Crippen molar-refractivity contribution in [3.8, 4) is 5.75 Å². The van der Waals surface area contributed by atoms with Crippen LogP contribution in [0.25, 0.3) is 0 Å². The standard InChI is InChI=1S/C24H27NO4S/c1-28-18-19-29-22-12-14-23(15-13-22)30(26,27)25-17-16-24(20-8-4-2-5-9-20)21-10-6-3-7-11-21/h2-15,24-25H,16-19H2,1H3. The van der Waals surface area contributed by atoms with Crippen LogP contribution >= 0.6 is 0 Å². The SMILES string of the molecule is COCCOc1ccc(S(=O)(=O)NCCC(c2ccccc2)c2ccccc2)cc1. The molecule has 0 aliphatic carbocycles. The average molecular weight is 426 g/mol. The molecule has 30 heavy (non-hydrogen) atoms. The highest BCUT2D eigenvalue weighted by molar-refractivity contribution is 7.89. The van der Waals surface area contributed by atoms with Crippen LogP contribution in [0, 0.1) is 0 Å². The molecule has 0 heterocycles. The van der Waals surface area contributed by atoms with Crippen molar-refractivity contribution in [2.75, 3.05) is 26.9 Å². The Balaban J connectivity index is 1.64. The summed E-state index contributed by atoms with van der Waals surface area (Å²) < 4.78 is 38.5. The minimum absolute atomic E-state index is 0.117. The second kappa shape index (κ2) is 10.9. The van der Waals surface area contributed by atoms with Crippen molar-refractivity contribution in [3.63, 3.8) is 0 Å². The van der Waals surface area contributed by atoms with Gasteiger partial charge in [-0.1, -0.05) is 60.7 Å². The van der Waals surface area contributed by atoms with E-state index in [1.165, 1.54) is 11.1 Å². The molecule has 0 bridgehead atoms. The van der Waals surface area contributed by atoms with Crippen LogP contribution in [-0.2, 0) is 14.8 Å². The van der Waals surface area contributed by atoms with E-state index in [1.54, 1.807) is 31.4 Å². The molecule has 0 amide bonds. The van der Waals surface area contributed by atoms with Gasteiger partial charge in [-0.05, 0) is 41.8 Å². The number of hydrogen-bond acceptors (Lipinski definition) is 4. The van der Waals surface area contributed by atoms with Gasteiger partial charge in [0.05, 0.1) is 11.5 Å². The molecule has 0 unspecified atom stereocenters. The minimum atomic E-state index is -3.59. The van der Waals surface area contributed by atoms with Crippen molar-refractivity contribution in [1.29, 1.82) is 0 Å². The first-order chi connectivity index (χ1) is 14.6. The molecule has 158 valence electrons. The van der Waals surface area contributed by atoms with Crippen LogP contribution in [0.5, 0.6) is 5.75 Å². The third kappa shape index (κ3) is 6.16. The number of benzene rings is 3. The topological polar surface area (TPSA) is 64.6 Å². The molecular formula is C24H27NO4S. The van der Waals surface area contributed by atoms with E-state index >= 15 is 0 Å². The maximum Gasteiger partial charge on any atom is 0.240 e. The van der Waals surface area contributed by atoms with Gasteiger partial charge in [-0.3, -0.25) is 0 Å². The van der Waals surface area contributed by atoms with Crippen LogP contribution in [0.1, 0.15) is 23.5 Å². The molecular weight excluding hydrogens is 398 g/mol. The van der Waals surface area contributed by atoms with Crippen LogP contribution in [0.2, 0.25) is 0 Å². The molecule has 1 N–H and O–H groups in total. The van der Waals surface area contributed by atoms with Crippen molar-refractivity contribution < 1.29 is 17.9 Å². The summed E-state index contributed by atoms with van der Waals surface area (Å²) in [5.74, 6) is 0.728. The van der Waals surface area contributed by atoms with Gasteiger partial charge in [0.1, 0.15) is 12.4 Å². The highest BCUT2D eigenvalue weighted by Crippen LogP contribution is 2.27. The zero-order valence-electron chi connectivity index (χ0n) is 17.0. The maximum absolute atomic E-state index is 12.7. The largest absolute Gasteiger partial charge is 0.491 e. The Kier molecular flexibility index (Phi) is 8.02. The molecule has 0 saturated heterocycles. The Morgan fingerprint density at radius 3 is 1.90 bits per heavy atom. The zero-order valence-corrected chi connectivity index (χ0v) is 17.8. The average Bonchev–Trinajstić information content (AvgIpc) is 2.78. The van der Waals surface area contributed by atoms with E-state index in [2.05, 4.69) is 29.0 Å². The van der Waals surface area contributed by atoms with Crippen LogP contribution in [0.3, 0.4) is 0 Å². The quantitative estimate of drug-likeness (QED) is 0.468. The molecule has 0 fully saturated rings. The predicted octanol–water partition coefficient (Wildman–Crippen LogP) is 4.21. The Labute approximate surface area is 178 Å². The molecule has 3 aromatic rings. The second-order valence-electron chi connectivity index (χ2n) is 6.87. The number of rotatable bonds is 11. The number of hydrogen-bond donors (Lipinski definition) is 1. The summed E-state index contributed by atoms with van der Waals surface area (Å²) in [7, 11) is -1.99. The van der Waals surface area contributed by atoms with Gasteiger partial charge in [0.15, 0.2) is 0 Å². The lowest BCUT2D eigenvalue weighted by Crippen LogP contribution is -2.26. The molecule has 0 radical (unpaired) electrons. The summed E-state index contributed by atoms with van der Waals surface area (Å²) in [6.45, 7) is 1.23. The summed E-state index contributed by atoms with van der Waals surface area (Å²) in [4.78, 5) is 0.220. The first kappa shape index (κ1) is 22.0. The Morgan fingerprint density at radius 1 is 0.800 bits per heavy atom. The van der Waals surface area contributed by atoms with Gasteiger partial charge >= 0.3 is 0 Å². The molecule has 3 aromatic carbocycles. The molecule has 0 spiro atoms. The van der Waals surface area contributed by atoms with Gasteiger partial charge in [-0.25, -0.2) is 13.1 Å². The van der Waals surface area contributed by atoms with Gasteiger partial charge in [0.2, 0.25) is 10.0 Å². The van der Waals surface area contributed by atoms with Crippen LogP contribution in [0.4, 0.5) is 0 Å². The summed E-state index contributed by atoms with van der Waals surface area (Å²) >= 11 is 0. The van der Waals surface area contributed by atoms with E-state index in [9.17, 15) is 8.42 Å². The second-order valence-corrected chi connectivity index (χ2v) is 8.64. The van der Waals surface area contributed by atoms with E-state index in [1.807, 2.05) is 36.4 Å². The number of nitrogens with one attached hydrogen (secondary N) is 1. The number of methoxy groups -OCH3 is 1. The van der Waals surface area contributed by atoms with E-state index in [0.29, 0.717) is 31.9 Å². The fourth-order valence-corrected chi connectivity index (χ4v) is 4.32. The van der Waals surface area contributed by atoms with Crippen molar-refractivity contribution >= 4 is 10.0 Å². The van der Waals surface area contributed by atoms with E-state index in [4.69, 9.17) is 9.47 Å². The lowest BCUT2D eigenvalue weighted by Gasteiger charge is -2.18. The highest BCUT2D eigenvalue weighted by Gasteiger charge is 2.17. The minimum Gasteiger partial charge on any atom is -0.491 e. The van der Waals surface area contributed by atoms with Gasteiger partial charge in [0, 0.05) is 19.6 Å². The lowest BCUT2D eigenvalue weighted by molar-refractivity contribution is 0.146. The smallest absolute Gasteiger partial charge is 0.240 e. The maximum atomic E-state index is 12.7. The van der Waals surface area contributed by atoms with Crippen LogP contribution < -0.4 is 9.46 Å². The molecule has 0 atom stereocenters. The van der Waals surface area contributed by atoms with E-state index < -0.39 is 10.0 Å². The number of ether oxygens (including phenoxy) is 2. The van der Waals surface area contributed by atoms with E-state index in [0.717, 1.165) is 0 Å². The highest BCUT2D eigenvalue weighted by atomic mass is 32.2. The third-order valence-corrected chi connectivity index (χ3v) is 6.30. The molecule has 0 aromatic heterocycles. The Bertz CT molecular complexity index is 951. The van der Waals surface area contributed by atoms with Gasteiger partial charge in [-0.2, -0.15) is 0 Å². The lowest BCUT2D eigenvalue weighted by atomic mass is 9.89. The van der Waals surface area contributed by atoms with Gasteiger partial charge in [-0.15, -0.1) is 0 Å². The van der Waals surface area contributed by atoms with Crippen molar-refractivity contribution in [2.24, 2.45) is 0 Å². The van der Waals surface area contributed by atoms with Crippen molar-refractivity contribution in [2.45, 2.75) is 17.2 Å². The zero-order chi connectivity index (χ0) is 21.2. The predicted molar refractivity (Wildman–Crippen MR) is 118 cm³/mol. The number of sulfonamides is 1. The van der Waals surface area contributed by atoms with Crippen molar-refractivity contribution in [3.05, 3.63) is 96.1 Å². The monoisotopic (exact) mass is 425 g/mol. The normalized spacial score (nSPS) is 11.5. The van der Waals surface area contributed by atoms with Crippen molar-refractivity contribution in [1.82, 2.24) is 4.72 Å². The van der Waals surface area contributed by atoms with Gasteiger partial charge < -0.3 is 9.47 Å². The Hall–Kier alpha value is -2.67. The molecule has 3 rings (SSSR count). The van der Waals surface area contributed by atoms with Crippen LogP contribution in [-0.4, -0.2) is 35.3 Å². The fourth-order valence-electron chi connectivity index (χ4n) is 3.28. The van der Waals surface area contributed by atoms with E-state index in [-0.39, 0.29) is 10.8 Å². The summed E-state index contributed by atoms with van der Waals surface area (Å²) in [5, 5.41) is 0. The molecule has 6 heteroatoms. The molecule has 0 aliphatic rings. The molecule has 0 aliphatic heterocycles. The fraction of sp³-hybridized carbons (Fsp3) is 0.250. The summed E-state index contributed by atoms with van der Waals surface area (Å²) in [6.07, 6.45) is 0.658. The first-order valence-electron chi connectivity index (χ1n) is 9.91. The van der Waals surface area contributed by atoms with Gasteiger partial charge in [0.25, 0.3) is 0 Å². The first-order valence-corrected chi connectivity index (χ1v) is 11.4. The third-order valence-electron chi connectivity index (χ3n) is 4.82. The van der Waals surface area contributed by atoms with Crippen LogP contribution in [0.15, 0.2) is 89.8 Å².